The van der Waals surface area contributed by atoms with E-state index in [0.717, 1.165) is 30.6 Å². The first-order valence-electron chi connectivity index (χ1n) is 11.9. The maximum absolute atomic E-state index is 12.6. The fourth-order valence-electron chi connectivity index (χ4n) is 5.96. The maximum atomic E-state index is 12.6. The Labute approximate surface area is 185 Å². The first kappa shape index (κ1) is 20.7. The molecule has 2 saturated carbocycles. The van der Waals surface area contributed by atoms with Crippen molar-refractivity contribution in [2.45, 2.75) is 89.3 Å². The number of hydrogen-bond acceptors (Lipinski definition) is 5. The van der Waals surface area contributed by atoms with Crippen LogP contribution in [0.2, 0.25) is 0 Å². The number of nitrogens with zero attached hydrogens (tertiary/aromatic N) is 1. The molecule has 4 atom stereocenters. The van der Waals surface area contributed by atoms with E-state index in [4.69, 9.17) is 20.2 Å². The third-order valence-electron chi connectivity index (χ3n) is 7.74. The van der Waals surface area contributed by atoms with Gasteiger partial charge in [0.2, 0.25) is 5.91 Å². The van der Waals surface area contributed by atoms with Crippen LogP contribution in [0.3, 0.4) is 0 Å². The Balaban J connectivity index is 1.49. The number of nitrogens with one attached hydrogen (secondary N) is 1. The number of amidine groups is 1. The summed E-state index contributed by atoms with van der Waals surface area (Å²) in [6.07, 6.45) is 7.79. The lowest BCUT2D eigenvalue weighted by molar-refractivity contribution is -0.130. The Morgan fingerprint density at radius 3 is 2.65 bits per heavy atom. The molecule has 0 saturated heterocycles. The van der Waals surface area contributed by atoms with Crippen LogP contribution in [-0.4, -0.2) is 30.7 Å². The number of carbonyl (C=O) groups is 1. The predicted molar refractivity (Wildman–Crippen MR) is 120 cm³/mol. The van der Waals surface area contributed by atoms with E-state index in [9.17, 15) is 4.79 Å². The lowest BCUT2D eigenvalue weighted by Crippen LogP contribution is -2.55. The van der Waals surface area contributed by atoms with Crippen LogP contribution in [0, 0.1) is 11.3 Å². The summed E-state index contributed by atoms with van der Waals surface area (Å²) in [6, 6.07) is 7.06. The number of nitrogens with two attached hydrogens (primary N) is 1. The number of amides is 1. The summed E-state index contributed by atoms with van der Waals surface area (Å²) in [4.78, 5) is 17.5. The molecule has 1 aromatic rings. The van der Waals surface area contributed by atoms with Crippen LogP contribution in [0.5, 0.6) is 5.75 Å². The molecule has 3 N–H and O–H groups in total. The Morgan fingerprint density at radius 1 is 1.19 bits per heavy atom. The lowest BCUT2D eigenvalue weighted by Gasteiger charge is -2.48. The Hall–Kier alpha value is -2.24. The van der Waals surface area contributed by atoms with Crippen molar-refractivity contribution in [3.8, 4) is 5.75 Å². The van der Waals surface area contributed by atoms with Gasteiger partial charge in [0, 0.05) is 22.9 Å². The summed E-state index contributed by atoms with van der Waals surface area (Å²) in [6.45, 7) is 6.31. The molecule has 5 rings (SSSR count). The van der Waals surface area contributed by atoms with Gasteiger partial charge in [-0.05, 0) is 55.7 Å². The van der Waals surface area contributed by atoms with E-state index in [-0.39, 0.29) is 30.0 Å². The smallest absolute Gasteiger partial charge is 0.283 e. The second-order valence-corrected chi connectivity index (χ2v) is 10.9. The average molecular weight is 426 g/mol. The second-order valence-electron chi connectivity index (χ2n) is 10.9. The summed E-state index contributed by atoms with van der Waals surface area (Å²) >= 11 is 0. The number of rotatable bonds is 2. The molecule has 2 heterocycles. The molecule has 6 nitrogen and oxygen atoms in total. The number of carbonyl (C=O) groups excluding carboxylic acids is 1. The van der Waals surface area contributed by atoms with Crippen molar-refractivity contribution in [3.05, 3.63) is 29.3 Å². The van der Waals surface area contributed by atoms with Crippen molar-refractivity contribution in [1.82, 2.24) is 5.32 Å². The van der Waals surface area contributed by atoms with Crippen molar-refractivity contribution in [3.63, 3.8) is 0 Å². The molecule has 1 aromatic carbocycles. The van der Waals surface area contributed by atoms with Crippen molar-refractivity contribution in [1.29, 1.82) is 0 Å². The van der Waals surface area contributed by atoms with Gasteiger partial charge in [0.25, 0.3) is 6.02 Å². The molecule has 0 bridgehead atoms. The van der Waals surface area contributed by atoms with Crippen LogP contribution in [0.4, 0.5) is 0 Å². The van der Waals surface area contributed by atoms with E-state index >= 15 is 0 Å². The van der Waals surface area contributed by atoms with Gasteiger partial charge in [-0.15, -0.1) is 0 Å². The number of fused-ring (bicyclic) bond motifs is 4. The van der Waals surface area contributed by atoms with E-state index in [1.54, 1.807) is 0 Å². The monoisotopic (exact) mass is 425 g/mol. The maximum Gasteiger partial charge on any atom is 0.283 e. The average Bonchev–Trinajstić information content (AvgIpc) is 3.39. The minimum atomic E-state index is -0.526. The van der Waals surface area contributed by atoms with Crippen molar-refractivity contribution >= 4 is 11.9 Å². The van der Waals surface area contributed by atoms with Crippen LogP contribution < -0.4 is 15.8 Å². The zero-order chi connectivity index (χ0) is 21.8. The third kappa shape index (κ3) is 3.58. The summed E-state index contributed by atoms with van der Waals surface area (Å²) in [5.74, 6) is 1.76. The van der Waals surface area contributed by atoms with Gasteiger partial charge in [-0.2, -0.15) is 0 Å². The molecule has 0 radical (unpaired) electrons. The minimum Gasteiger partial charge on any atom is -0.490 e. The van der Waals surface area contributed by atoms with E-state index in [0.29, 0.717) is 12.5 Å². The highest BCUT2D eigenvalue weighted by Crippen LogP contribution is 2.53. The van der Waals surface area contributed by atoms with E-state index in [2.05, 4.69) is 23.5 Å². The lowest BCUT2D eigenvalue weighted by atomic mass is 9.66. The van der Waals surface area contributed by atoms with Gasteiger partial charge in [0.15, 0.2) is 0 Å². The fraction of sp³-hybridized carbons (Fsp3) is 0.680. The Kier molecular flexibility index (Phi) is 4.94. The predicted octanol–water partition coefficient (Wildman–Crippen LogP) is 3.98. The first-order valence-corrected chi connectivity index (χ1v) is 11.9. The van der Waals surface area contributed by atoms with E-state index < -0.39 is 11.0 Å². The van der Waals surface area contributed by atoms with Crippen LogP contribution in [0.1, 0.15) is 82.8 Å². The van der Waals surface area contributed by atoms with Gasteiger partial charge in [-0.3, -0.25) is 4.79 Å². The zero-order valence-corrected chi connectivity index (χ0v) is 18.9. The fourth-order valence-corrected chi connectivity index (χ4v) is 5.96. The van der Waals surface area contributed by atoms with Gasteiger partial charge < -0.3 is 20.5 Å². The summed E-state index contributed by atoms with van der Waals surface area (Å²) in [7, 11) is 0. The molecule has 1 unspecified atom stereocenters. The highest BCUT2D eigenvalue weighted by atomic mass is 16.5. The summed E-state index contributed by atoms with van der Waals surface area (Å²) in [5, 5.41) is 3.27. The second kappa shape index (κ2) is 7.42. The number of benzene rings is 1. The van der Waals surface area contributed by atoms with Gasteiger partial charge in [0.05, 0.1) is 0 Å². The minimum absolute atomic E-state index is 0.0610. The van der Waals surface area contributed by atoms with Crippen molar-refractivity contribution in [2.24, 2.45) is 22.1 Å². The Bertz CT molecular complexity index is 900. The van der Waals surface area contributed by atoms with Gasteiger partial charge in [0.1, 0.15) is 24.0 Å². The molecular weight excluding hydrogens is 390 g/mol. The molecule has 4 aliphatic rings. The highest BCUT2D eigenvalue weighted by Gasteiger charge is 2.55. The zero-order valence-electron chi connectivity index (χ0n) is 18.9. The third-order valence-corrected chi connectivity index (χ3v) is 7.74. The highest BCUT2D eigenvalue weighted by molar-refractivity contribution is 5.81. The molecule has 2 fully saturated rings. The van der Waals surface area contributed by atoms with Gasteiger partial charge in [-0.25, -0.2) is 4.99 Å². The molecule has 0 aromatic heterocycles. The summed E-state index contributed by atoms with van der Waals surface area (Å²) in [5.41, 5.74) is 7.63. The van der Waals surface area contributed by atoms with Gasteiger partial charge in [-0.1, -0.05) is 39.7 Å². The molecule has 2 aliphatic carbocycles. The quantitative estimate of drug-likeness (QED) is 0.751. The van der Waals surface area contributed by atoms with Gasteiger partial charge >= 0.3 is 0 Å². The molecular formula is C25H35N3O3. The molecule has 2 aliphatic heterocycles. The number of hydrogen-bond donors (Lipinski definition) is 2. The molecule has 6 heteroatoms. The first-order chi connectivity index (χ1) is 14.8. The number of aliphatic imine (C=N–C) groups is 1. The SMILES string of the molecule is CC(C)(C)C(=O)N[C@H]1CC[C@H]2Oc3ccc(C4CCCC4)cc3C3(COC(N)=N3)[C@@H]2C1. The normalized spacial score (nSPS) is 32.6. The largest absolute Gasteiger partial charge is 0.490 e. The number of ether oxygens (including phenoxy) is 2. The Morgan fingerprint density at radius 2 is 1.97 bits per heavy atom. The van der Waals surface area contributed by atoms with Crippen LogP contribution in [-0.2, 0) is 15.1 Å². The summed E-state index contributed by atoms with van der Waals surface area (Å²) < 4.78 is 12.3. The van der Waals surface area contributed by atoms with Crippen LogP contribution in [0.25, 0.3) is 0 Å². The van der Waals surface area contributed by atoms with Crippen LogP contribution >= 0.6 is 0 Å². The van der Waals surface area contributed by atoms with E-state index in [1.165, 1.54) is 31.2 Å². The topological polar surface area (TPSA) is 85.9 Å². The van der Waals surface area contributed by atoms with Crippen molar-refractivity contribution < 1.29 is 14.3 Å². The molecule has 1 spiro atoms. The van der Waals surface area contributed by atoms with Crippen molar-refractivity contribution in [2.75, 3.05) is 6.61 Å². The molecule has 168 valence electrons. The van der Waals surface area contributed by atoms with Crippen LogP contribution in [0.15, 0.2) is 23.2 Å². The van der Waals surface area contributed by atoms with E-state index in [1.807, 2.05) is 20.8 Å². The molecule has 1 amide bonds. The molecule has 31 heavy (non-hydrogen) atoms. The standard InChI is InChI=1S/C25H35N3O3/c1-24(2,3)22(29)27-17-9-11-21-19(13-17)25(14-30-23(26)28-25)18-12-16(8-10-20(18)31-21)15-6-4-5-7-15/h8,10,12,15,17,19,21H,4-7,9,11,13-14H2,1-3H3,(H2,26,28)(H,27,29)/t17-,19+,21+,25?/m0/s1.